The summed E-state index contributed by atoms with van der Waals surface area (Å²) >= 11 is 12.5. The molecule has 4 rings (SSSR count). The summed E-state index contributed by atoms with van der Waals surface area (Å²) in [7, 11) is 3.25. The zero-order chi connectivity index (χ0) is 23.9. The average Bonchev–Trinajstić information content (AvgIpc) is 3.36. The Morgan fingerprint density at radius 1 is 0.765 bits per heavy atom. The molecule has 0 unspecified atom stereocenters. The van der Waals surface area contributed by atoms with Gasteiger partial charge in [0.1, 0.15) is 30.6 Å². The number of hydrogen-bond donors (Lipinski definition) is 0. The van der Waals surface area contributed by atoms with Gasteiger partial charge in [-0.15, -0.1) is 21.8 Å². The molecule has 3 aromatic carbocycles. The van der Waals surface area contributed by atoms with Crippen molar-refractivity contribution in [3.63, 3.8) is 0 Å². The lowest BCUT2D eigenvalue weighted by atomic mass is 10.2. The molecule has 4 aromatic rings. The lowest BCUT2D eigenvalue weighted by molar-refractivity contribution is 0.256. The number of benzene rings is 3. The summed E-state index contributed by atoms with van der Waals surface area (Å²) in [5.41, 5.74) is 2.42. The normalized spacial score (nSPS) is 10.7. The summed E-state index contributed by atoms with van der Waals surface area (Å²) in [6.07, 6.45) is 0. The van der Waals surface area contributed by atoms with E-state index in [9.17, 15) is 0 Å². The van der Waals surface area contributed by atoms with Crippen LogP contribution in [0.5, 0.6) is 23.0 Å². The quantitative estimate of drug-likeness (QED) is 0.236. The summed E-state index contributed by atoms with van der Waals surface area (Å²) in [4.78, 5) is 0. The highest BCUT2D eigenvalue weighted by atomic mass is 35.5. The molecule has 0 amide bonds. The highest BCUT2D eigenvalue weighted by molar-refractivity contribution is 6.35. The molecule has 9 heteroatoms. The molecule has 0 fully saturated rings. The van der Waals surface area contributed by atoms with Crippen molar-refractivity contribution in [3.8, 4) is 34.5 Å². The number of rotatable bonds is 10. The van der Waals surface area contributed by atoms with Gasteiger partial charge in [0.2, 0.25) is 11.8 Å². The van der Waals surface area contributed by atoms with Gasteiger partial charge in [-0.1, -0.05) is 35.9 Å². The Morgan fingerprint density at radius 3 is 1.88 bits per heavy atom. The first kappa shape index (κ1) is 23.7. The second-order valence-corrected chi connectivity index (χ2v) is 7.81. The van der Waals surface area contributed by atoms with Gasteiger partial charge in [0.05, 0.1) is 24.8 Å². The second-order valence-electron chi connectivity index (χ2n) is 7.16. The first-order valence-corrected chi connectivity index (χ1v) is 11.2. The zero-order valence-corrected chi connectivity index (χ0v) is 20.1. The van der Waals surface area contributed by atoms with Crippen LogP contribution in [0.2, 0.25) is 5.02 Å². The van der Waals surface area contributed by atoms with Crippen LogP contribution in [0.3, 0.4) is 0 Å². The van der Waals surface area contributed by atoms with Crippen LogP contribution in [-0.4, -0.2) is 24.4 Å². The van der Waals surface area contributed by atoms with E-state index >= 15 is 0 Å². The first-order valence-electron chi connectivity index (χ1n) is 10.3. The van der Waals surface area contributed by atoms with Crippen molar-refractivity contribution in [2.75, 3.05) is 14.2 Å². The SMILES string of the molecule is COc1ccc(COc2ccc(-c3nnc(CCl)o3)c(Cl)c2OCc2ccc(OC)cc2)cc1. The van der Waals surface area contributed by atoms with E-state index < -0.39 is 0 Å². The van der Waals surface area contributed by atoms with E-state index in [1.165, 1.54) is 0 Å². The molecule has 0 N–H and O–H groups in total. The molecule has 0 aliphatic heterocycles. The van der Waals surface area contributed by atoms with Gasteiger partial charge in [-0.25, -0.2) is 0 Å². The fraction of sp³-hybridized carbons (Fsp3) is 0.200. The molecule has 0 aliphatic carbocycles. The number of aromatic nitrogens is 2. The average molecular weight is 501 g/mol. The van der Waals surface area contributed by atoms with E-state index in [1.807, 2.05) is 48.5 Å². The molecule has 34 heavy (non-hydrogen) atoms. The number of ether oxygens (including phenoxy) is 4. The number of methoxy groups -OCH3 is 2. The molecule has 0 atom stereocenters. The van der Waals surface area contributed by atoms with Gasteiger partial charge in [0.25, 0.3) is 0 Å². The van der Waals surface area contributed by atoms with E-state index in [2.05, 4.69) is 10.2 Å². The van der Waals surface area contributed by atoms with E-state index in [1.54, 1.807) is 26.4 Å². The first-order chi connectivity index (χ1) is 16.6. The molecule has 0 saturated heterocycles. The summed E-state index contributed by atoms with van der Waals surface area (Å²) in [5, 5.41) is 8.23. The fourth-order valence-corrected chi connectivity index (χ4v) is 3.53. The van der Waals surface area contributed by atoms with Gasteiger partial charge in [0, 0.05) is 0 Å². The zero-order valence-electron chi connectivity index (χ0n) is 18.6. The van der Waals surface area contributed by atoms with Crippen molar-refractivity contribution in [3.05, 3.63) is 82.7 Å². The van der Waals surface area contributed by atoms with Crippen LogP contribution < -0.4 is 18.9 Å². The maximum absolute atomic E-state index is 6.73. The molecule has 1 heterocycles. The monoisotopic (exact) mass is 500 g/mol. The van der Waals surface area contributed by atoms with Crippen LogP contribution in [0.1, 0.15) is 17.0 Å². The summed E-state index contributed by atoms with van der Waals surface area (Å²) in [5.74, 6) is 3.04. The maximum atomic E-state index is 6.73. The Kier molecular flexibility index (Phi) is 7.77. The molecule has 1 aromatic heterocycles. The van der Waals surface area contributed by atoms with Crippen LogP contribution in [0.15, 0.2) is 65.1 Å². The molecule has 7 nitrogen and oxygen atoms in total. The Labute approximate surface area is 207 Å². The number of alkyl halides is 1. The van der Waals surface area contributed by atoms with Crippen molar-refractivity contribution in [2.45, 2.75) is 19.1 Å². The highest BCUT2D eigenvalue weighted by Crippen LogP contribution is 2.42. The summed E-state index contributed by atoms with van der Waals surface area (Å²) < 4.78 is 28.2. The Balaban J connectivity index is 1.60. The third-order valence-corrected chi connectivity index (χ3v) is 5.57. The van der Waals surface area contributed by atoms with Gasteiger partial charge in [-0.3, -0.25) is 0 Å². The molecule has 0 radical (unpaired) electrons. The molecule has 0 bridgehead atoms. The molecular formula is C25H22Cl2N2O5. The van der Waals surface area contributed by atoms with Crippen LogP contribution in [-0.2, 0) is 19.1 Å². The smallest absolute Gasteiger partial charge is 0.249 e. The van der Waals surface area contributed by atoms with Gasteiger partial charge < -0.3 is 23.4 Å². The maximum Gasteiger partial charge on any atom is 0.249 e. The third kappa shape index (κ3) is 5.55. The second kappa shape index (κ2) is 11.1. The Bertz CT molecular complexity index is 1230. The van der Waals surface area contributed by atoms with Gasteiger partial charge in [-0.05, 0) is 47.5 Å². The number of nitrogens with zero attached hydrogens (tertiary/aromatic N) is 2. The van der Waals surface area contributed by atoms with Crippen molar-refractivity contribution in [1.82, 2.24) is 10.2 Å². The predicted octanol–water partition coefficient (Wildman–Crippen LogP) is 6.30. The van der Waals surface area contributed by atoms with Crippen molar-refractivity contribution < 1.29 is 23.4 Å². The minimum absolute atomic E-state index is 0.106. The number of halogens is 2. The lowest BCUT2D eigenvalue weighted by Crippen LogP contribution is -2.02. The predicted molar refractivity (Wildman–Crippen MR) is 129 cm³/mol. The molecular weight excluding hydrogens is 479 g/mol. The minimum atomic E-state index is 0.106. The van der Waals surface area contributed by atoms with Crippen molar-refractivity contribution in [2.24, 2.45) is 0 Å². The summed E-state index contributed by atoms with van der Waals surface area (Å²) in [6.45, 7) is 0.582. The van der Waals surface area contributed by atoms with Gasteiger partial charge >= 0.3 is 0 Å². The third-order valence-electron chi connectivity index (χ3n) is 4.97. The van der Waals surface area contributed by atoms with Crippen LogP contribution in [0, 0.1) is 0 Å². The van der Waals surface area contributed by atoms with E-state index in [0.29, 0.717) is 34.6 Å². The molecule has 0 saturated carbocycles. The molecule has 0 aliphatic rings. The van der Waals surface area contributed by atoms with Crippen molar-refractivity contribution in [1.29, 1.82) is 0 Å². The van der Waals surface area contributed by atoms with Gasteiger partial charge in [-0.2, -0.15) is 0 Å². The Morgan fingerprint density at radius 2 is 1.35 bits per heavy atom. The van der Waals surface area contributed by atoms with E-state index in [-0.39, 0.29) is 18.4 Å². The van der Waals surface area contributed by atoms with E-state index in [4.69, 9.17) is 46.6 Å². The van der Waals surface area contributed by atoms with Crippen LogP contribution in [0.4, 0.5) is 0 Å². The molecule has 0 spiro atoms. The van der Waals surface area contributed by atoms with E-state index in [0.717, 1.165) is 22.6 Å². The fourth-order valence-electron chi connectivity index (χ4n) is 3.13. The summed E-state index contributed by atoms with van der Waals surface area (Å²) in [6, 6.07) is 18.7. The lowest BCUT2D eigenvalue weighted by Gasteiger charge is -2.16. The number of hydrogen-bond acceptors (Lipinski definition) is 7. The van der Waals surface area contributed by atoms with Crippen molar-refractivity contribution >= 4 is 23.2 Å². The Hall–Kier alpha value is -3.42. The minimum Gasteiger partial charge on any atom is -0.497 e. The largest absolute Gasteiger partial charge is 0.497 e. The highest BCUT2D eigenvalue weighted by Gasteiger charge is 2.20. The van der Waals surface area contributed by atoms with Crippen LogP contribution in [0.25, 0.3) is 11.5 Å². The standard InChI is InChI=1S/C25H22Cl2N2O5/c1-30-18-7-3-16(4-8-18)14-32-21-12-11-20(25-29-28-22(13-26)34-25)23(27)24(21)33-15-17-5-9-19(31-2)10-6-17/h3-12H,13-15H2,1-2H3. The van der Waals surface area contributed by atoms with Gasteiger partial charge in [0.15, 0.2) is 11.5 Å². The molecule has 176 valence electrons. The topological polar surface area (TPSA) is 75.8 Å². The van der Waals surface area contributed by atoms with Crippen LogP contribution >= 0.6 is 23.2 Å².